The van der Waals surface area contributed by atoms with E-state index in [0.717, 1.165) is 43.2 Å². The van der Waals surface area contributed by atoms with E-state index < -0.39 is 9.84 Å². The van der Waals surface area contributed by atoms with Crippen LogP contribution in [0.25, 0.3) is 10.9 Å². The van der Waals surface area contributed by atoms with E-state index in [9.17, 15) is 8.42 Å². The van der Waals surface area contributed by atoms with Crippen LogP contribution in [-0.4, -0.2) is 19.7 Å². The number of nitrogens with one attached hydrogen (secondary N) is 1. The summed E-state index contributed by atoms with van der Waals surface area (Å²) in [5.41, 5.74) is 11.3. The van der Waals surface area contributed by atoms with Gasteiger partial charge in [0.1, 0.15) is 0 Å². The second-order valence-electron chi connectivity index (χ2n) is 7.45. The molecule has 0 fully saturated rings. The first kappa shape index (κ1) is 17.3. The predicted molar refractivity (Wildman–Crippen MR) is 105 cm³/mol. The maximum absolute atomic E-state index is 11.6. The Morgan fingerprint density at radius 2 is 1.85 bits per heavy atom. The van der Waals surface area contributed by atoms with Crippen molar-refractivity contribution in [2.45, 2.75) is 42.5 Å². The molecule has 1 heterocycles. The molecule has 1 aliphatic rings. The minimum atomic E-state index is -3.15. The quantitative estimate of drug-likeness (QED) is 0.737. The van der Waals surface area contributed by atoms with Gasteiger partial charge in [0.15, 0.2) is 9.84 Å². The van der Waals surface area contributed by atoms with Gasteiger partial charge in [-0.15, -0.1) is 0 Å². The third kappa shape index (κ3) is 3.06. The maximum atomic E-state index is 11.6. The Bertz CT molecular complexity index is 1050. The SMILES string of the molecule is CS(=O)(=O)c1ccc(CCC2(N)CCCc3c2[nH]c2ccccc32)cc1. The summed E-state index contributed by atoms with van der Waals surface area (Å²) >= 11 is 0. The van der Waals surface area contributed by atoms with Crippen molar-refractivity contribution >= 4 is 20.7 Å². The highest BCUT2D eigenvalue weighted by molar-refractivity contribution is 7.90. The second kappa shape index (κ2) is 6.25. The summed E-state index contributed by atoms with van der Waals surface area (Å²) in [4.78, 5) is 3.93. The van der Waals surface area contributed by atoms with Crippen LogP contribution >= 0.6 is 0 Å². The lowest BCUT2D eigenvalue weighted by molar-refractivity contribution is 0.339. The van der Waals surface area contributed by atoms with Crippen molar-refractivity contribution in [2.75, 3.05) is 6.26 Å². The van der Waals surface area contributed by atoms with Crippen molar-refractivity contribution in [3.63, 3.8) is 0 Å². The van der Waals surface area contributed by atoms with E-state index in [0.29, 0.717) is 4.90 Å². The van der Waals surface area contributed by atoms with Crippen LogP contribution in [0.15, 0.2) is 53.4 Å². The first-order valence-corrected chi connectivity index (χ1v) is 10.9. The first-order valence-electron chi connectivity index (χ1n) is 9.05. The summed E-state index contributed by atoms with van der Waals surface area (Å²) in [6.45, 7) is 0. The number of aryl methyl sites for hydroxylation is 2. The zero-order valence-electron chi connectivity index (χ0n) is 15.0. The fourth-order valence-electron chi connectivity index (χ4n) is 4.11. The Balaban J connectivity index is 1.59. The lowest BCUT2D eigenvalue weighted by atomic mass is 9.77. The third-order valence-electron chi connectivity index (χ3n) is 5.57. The van der Waals surface area contributed by atoms with Crippen LogP contribution in [0.2, 0.25) is 0 Å². The van der Waals surface area contributed by atoms with Gasteiger partial charge in [-0.2, -0.15) is 0 Å². The number of H-pyrrole nitrogens is 1. The number of benzene rings is 2. The number of hydrogen-bond acceptors (Lipinski definition) is 3. The second-order valence-corrected chi connectivity index (χ2v) is 9.47. The average Bonchev–Trinajstić information content (AvgIpc) is 3.00. The highest BCUT2D eigenvalue weighted by Crippen LogP contribution is 2.39. The van der Waals surface area contributed by atoms with Crippen LogP contribution in [-0.2, 0) is 28.2 Å². The zero-order valence-corrected chi connectivity index (χ0v) is 15.8. The van der Waals surface area contributed by atoms with Gasteiger partial charge >= 0.3 is 0 Å². The van der Waals surface area contributed by atoms with Crippen LogP contribution < -0.4 is 5.73 Å². The fraction of sp³-hybridized carbons (Fsp3) is 0.333. The molecule has 0 saturated heterocycles. The van der Waals surface area contributed by atoms with Crippen molar-refractivity contribution in [3.05, 3.63) is 65.4 Å². The molecular formula is C21H24N2O2S. The summed E-state index contributed by atoms with van der Waals surface area (Å²) in [7, 11) is -3.15. The first-order chi connectivity index (χ1) is 12.4. The maximum Gasteiger partial charge on any atom is 0.175 e. The van der Waals surface area contributed by atoms with Gasteiger partial charge in [0.25, 0.3) is 0 Å². The minimum absolute atomic E-state index is 0.359. The molecule has 0 saturated carbocycles. The number of nitrogens with two attached hydrogens (primary N) is 1. The summed E-state index contributed by atoms with van der Waals surface area (Å²) in [6.07, 6.45) is 6.03. The molecule has 4 rings (SSSR count). The number of rotatable bonds is 4. The summed E-state index contributed by atoms with van der Waals surface area (Å²) in [5.74, 6) is 0. The molecule has 5 heteroatoms. The van der Waals surface area contributed by atoms with Crippen LogP contribution in [0.1, 0.15) is 36.1 Å². The molecule has 0 radical (unpaired) electrons. The Kier molecular flexibility index (Phi) is 4.16. The zero-order chi connectivity index (χ0) is 18.4. The molecule has 136 valence electrons. The van der Waals surface area contributed by atoms with E-state index >= 15 is 0 Å². The van der Waals surface area contributed by atoms with Crippen molar-refractivity contribution < 1.29 is 8.42 Å². The lowest BCUT2D eigenvalue weighted by Gasteiger charge is -2.34. The third-order valence-corrected chi connectivity index (χ3v) is 6.70. The van der Waals surface area contributed by atoms with Gasteiger partial charge in [0.2, 0.25) is 0 Å². The van der Waals surface area contributed by atoms with Crippen molar-refractivity contribution in [1.29, 1.82) is 0 Å². The molecule has 3 N–H and O–H groups in total. The Morgan fingerprint density at radius 3 is 2.58 bits per heavy atom. The standard InChI is InChI=1S/C21H24N2O2S/c1-26(24,25)16-10-8-15(9-11-16)12-14-21(22)13-4-6-18-17-5-2-3-7-19(17)23-20(18)21/h2-3,5,7-11,23H,4,6,12-14,22H2,1H3. The van der Waals surface area contributed by atoms with Crippen LogP contribution in [0.4, 0.5) is 0 Å². The van der Waals surface area contributed by atoms with Gasteiger partial charge in [-0.25, -0.2) is 8.42 Å². The number of hydrogen-bond donors (Lipinski definition) is 2. The Morgan fingerprint density at radius 1 is 1.12 bits per heavy atom. The van der Waals surface area contributed by atoms with Gasteiger partial charge < -0.3 is 10.7 Å². The van der Waals surface area contributed by atoms with Gasteiger partial charge in [-0.05, 0) is 61.4 Å². The molecule has 1 atom stereocenters. The highest BCUT2D eigenvalue weighted by atomic mass is 32.2. The number of para-hydroxylation sites is 1. The molecule has 1 aromatic heterocycles. The largest absolute Gasteiger partial charge is 0.357 e. The molecule has 0 bridgehead atoms. The average molecular weight is 369 g/mol. The molecule has 3 aromatic rings. The number of aromatic nitrogens is 1. The predicted octanol–water partition coefficient (Wildman–Crippen LogP) is 3.69. The molecule has 1 aliphatic carbocycles. The molecule has 0 spiro atoms. The van der Waals surface area contributed by atoms with Crippen molar-refractivity contribution in [3.8, 4) is 0 Å². The van der Waals surface area contributed by atoms with Crippen molar-refractivity contribution in [2.24, 2.45) is 5.73 Å². The molecule has 2 aromatic carbocycles. The van der Waals surface area contributed by atoms with E-state index in [1.54, 1.807) is 12.1 Å². The topological polar surface area (TPSA) is 75.9 Å². The van der Waals surface area contributed by atoms with E-state index in [2.05, 4.69) is 23.2 Å². The fourth-order valence-corrected chi connectivity index (χ4v) is 4.74. The Hall–Kier alpha value is -2.11. The molecular weight excluding hydrogens is 344 g/mol. The molecule has 26 heavy (non-hydrogen) atoms. The van der Waals surface area contributed by atoms with E-state index in [4.69, 9.17) is 5.73 Å². The van der Waals surface area contributed by atoms with Gasteiger partial charge in [0.05, 0.1) is 10.4 Å². The highest BCUT2D eigenvalue weighted by Gasteiger charge is 2.34. The minimum Gasteiger partial charge on any atom is -0.357 e. The lowest BCUT2D eigenvalue weighted by Crippen LogP contribution is -2.40. The molecule has 1 unspecified atom stereocenters. The Labute approximate surface area is 154 Å². The van der Waals surface area contributed by atoms with Gasteiger partial charge in [-0.3, -0.25) is 0 Å². The monoisotopic (exact) mass is 368 g/mol. The molecule has 0 amide bonds. The van der Waals surface area contributed by atoms with Crippen LogP contribution in [0.5, 0.6) is 0 Å². The normalized spacial score (nSPS) is 20.2. The molecule has 0 aliphatic heterocycles. The van der Waals surface area contributed by atoms with Crippen molar-refractivity contribution in [1.82, 2.24) is 4.98 Å². The van der Waals surface area contributed by atoms with E-state index in [1.807, 2.05) is 18.2 Å². The number of fused-ring (bicyclic) bond motifs is 3. The number of sulfone groups is 1. The van der Waals surface area contributed by atoms with Gasteiger partial charge in [-0.1, -0.05) is 30.3 Å². The van der Waals surface area contributed by atoms with Crippen LogP contribution in [0.3, 0.4) is 0 Å². The smallest absolute Gasteiger partial charge is 0.175 e. The summed E-state index contributed by atoms with van der Waals surface area (Å²) in [6, 6.07) is 15.6. The summed E-state index contributed by atoms with van der Waals surface area (Å²) < 4.78 is 23.2. The van der Waals surface area contributed by atoms with Crippen LogP contribution in [0, 0.1) is 0 Å². The van der Waals surface area contributed by atoms with E-state index in [-0.39, 0.29) is 5.54 Å². The van der Waals surface area contributed by atoms with E-state index in [1.165, 1.54) is 22.9 Å². The summed E-state index contributed by atoms with van der Waals surface area (Å²) in [5, 5.41) is 1.29. The van der Waals surface area contributed by atoms with Gasteiger partial charge in [0, 0.05) is 22.9 Å². The molecule has 4 nitrogen and oxygen atoms in total. The number of aromatic amines is 1.